The molecule has 0 bridgehead atoms. The third-order valence-electron chi connectivity index (χ3n) is 3.36. The molecule has 0 saturated carbocycles. The molecule has 0 radical (unpaired) electrons. The summed E-state index contributed by atoms with van der Waals surface area (Å²) in [7, 11) is 1.99. The maximum atomic E-state index is 12.1. The first-order chi connectivity index (χ1) is 8.15. The molecule has 4 heteroatoms. The van der Waals surface area contributed by atoms with Gasteiger partial charge >= 0.3 is 0 Å². The summed E-state index contributed by atoms with van der Waals surface area (Å²) >= 11 is 0. The van der Waals surface area contributed by atoms with Gasteiger partial charge in [-0.2, -0.15) is 0 Å². The van der Waals surface area contributed by atoms with Crippen LogP contribution in [0.15, 0.2) is 0 Å². The lowest BCUT2D eigenvalue weighted by molar-refractivity contribution is -0.132. The third-order valence-corrected chi connectivity index (χ3v) is 3.36. The number of likely N-dealkylation sites (N-methyl/N-ethyl adjacent to an activating group) is 2. The monoisotopic (exact) mass is 257 g/mol. The van der Waals surface area contributed by atoms with Crippen LogP contribution in [0.4, 0.5) is 0 Å². The summed E-state index contributed by atoms with van der Waals surface area (Å²) in [5.74, 6) is 0.178. The zero-order chi connectivity index (χ0) is 14.5. The van der Waals surface area contributed by atoms with Gasteiger partial charge < -0.3 is 10.6 Å². The molecule has 0 fully saturated rings. The zero-order valence-electron chi connectivity index (χ0n) is 13.2. The van der Waals surface area contributed by atoms with Crippen molar-refractivity contribution in [2.24, 2.45) is 11.1 Å². The summed E-state index contributed by atoms with van der Waals surface area (Å²) in [6.07, 6.45) is 0. The minimum Gasteiger partial charge on any atom is -0.342 e. The molecular formula is C14H31N3O. The first-order valence-electron chi connectivity index (χ1n) is 6.88. The molecule has 2 atom stereocenters. The highest BCUT2D eigenvalue weighted by molar-refractivity contribution is 5.78. The number of amides is 1. The van der Waals surface area contributed by atoms with Crippen molar-refractivity contribution in [2.75, 3.05) is 26.7 Å². The number of nitrogens with two attached hydrogens (primary N) is 1. The van der Waals surface area contributed by atoms with E-state index in [9.17, 15) is 4.79 Å². The number of hydrogen-bond acceptors (Lipinski definition) is 3. The van der Waals surface area contributed by atoms with Crippen LogP contribution in [0.25, 0.3) is 0 Å². The van der Waals surface area contributed by atoms with Crippen molar-refractivity contribution < 1.29 is 4.79 Å². The lowest BCUT2D eigenvalue weighted by Gasteiger charge is -2.41. The van der Waals surface area contributed by atoms with Gasteiger partial charge in [0.1, 0.15) is 0 Å². The Morgan fingerprint density at radius 2 is 1.67 bits per heavy atom. The van der Waals surface area contributed by atoms with E-state index in [1.165, 1.54) is 0 Å². The Balaban J connectivity index is 4.72. The fraction of sp³-hybridized carbons (Fsp3) is 0.929. The van der Waals surface area contributed by atoms with Crippen LogP contribution in [0.3, 0.4) is 0 Å². The lowest BCUT2D eigenvalue weighted by atomic mass is 9.82. The number of nitrogens with zero attached hydrogens (tertiary/aromatic N) is 2. The van der Waals surface area contributed by atoms with Gasteiger partial charge in [0, 0.05) is 25.2 Å². The van der Waals surface area contributed by atoms with Gasteiger partial charge in [0.25, 0.3) is 0 Å². The Morgan fingerprint density at radius 3 is 1.94 bits per heavy atom. The average molecular weight is 257 g/mol. The van der Waals surface area contributed by atoms with E-state index in [2.05, 4.69) is 25.7 Å². The summed E-state index contributed by atoms with van der Waals surface area (Å²) in [5.41, 5.74) is 6.14. The van der Waals surface area contributed by atoms with Crippen LogP contribution >= 0.6 is 0 Å². The van der Waals surface area contributed by atoms with Crippen molar-refractivity contribution in [1.82, 2.24) is 9.80 Å². The van der Waals surface area contributed by atoms with Crippen molar-refractivity contribution >= 4 is 5.91 Å². The van der Waals surface area contributed by atoms with Gasteiger partial charge in [-0.05, 0) is 33.2 Å². The van der Waals surface area contributed by atoms with Crippen molar-refractivity contribution in [2.45, 2.75) is 53.6 Å². The second-order valence-corrected chi connectivity index (χ2v) is 6.15. The van der Waals surface area contributed by atoms with Crippen LogP contribution in [-0.2, 0) is 4.79 Å². The molecule has 4 nitrogen and oxygen atoms in total. The molecule has 0 aromatic rings. The Hall–Kier alpha value is -0.610. The van der Waals surface area contributed by atoms with Crippen LogP contribution < -0.4 is 5.73 Å². The molecule has 0 aliphatic heterocycles. The van der Waals surface area contributed by atoms with Crippen molar-refractivity contribution in [1.29, 1.82) is 0 Å². The summed E-state index contributed by atoms with van der Waals surface area (Å²) in [6, 6.07) is 0.233. The van der Waals surface area contributed by atoms with Gasteiger partial charge in [0.05, 0.1) is 6.54 Å². The summed E-state index contributed by atoms with van der Waals surface area (Å²) in [4.78, 5) is 16.1. The number of hydrogen-bond donors (Lipinski definition) is 1. The minimum absolute atomic E-state index is 0.0412. The van der Waals surface area contributed by atoms with Crippen LogP contribution in [0, 0.1) is 5.41 Å². The smallest absolute Gasteiger partial charge is 0.236 e. The fourth-order valence-electron chi connectivity index (χ4n) is 2.84. The molecule has 18 heavy (non-hydrogen) atoms. The van der Waals surface area contributed by atoms with Crippen LogP contribution in [0.5, 0.6) is 0 Å². The Labute approximate surface area is 113 Å². The lowest BCUT2D eigenvalue weighted by Crippen LogP contribution is -2.54. The Morgan fingerprint density at radius 1 is 1.22 bits per heavy atom. The van der Waals surface area contributed by atoms with Crippen molar-refractivity contribution in [3.05, 3.63) is 0 Å². The van der Waals surface area contributed by atoms with Crippen molar-refractivity contribution in [3.8, 4) is 0 Å². The SMILES string of the molecule is CCN(CC)C(=O)CN(C)C(C(C)N)C(C)(C)C. The standard InChI is InChI=1S/C14H31N3O/c1-8-17(9-2)12(18)10-16(7)13(11(3)15)14(4,5)6/h11,13H,8-10,15H2,1-7H3. The first kappa shape index (κ1) is 17.4. The number of carbonyl (C=O) groups excluding carboxylic acids is 1. The zero-order valence-corrected chi connectivity index (χ0v) is 13.2. The van der Waals surface area contributed by atoms with Crippen LogP contribution in [0.2, 0.25) is 0 Å². The molecule has 2 unspecified atom stereocenters. The molecule has 0 aliphatic rings. The Bertz CT molecular complexity index is 254. The molecule has 0 rings (SSSR count). The van der Waals surface area contributed by atoms with E-state index in [1.807, 2.05) is 32.7 Å². The summed E-state index contributed by atoms with van der Waals surface area (Å²) in [6.45, 7) is 14.5. The maximum absolute atomic E-state index is 12.1. The van der Waals surface area contributed by atoms with Gasteiger partial charge in [-0.3, -0.25) is 9.69 Å². The first-order valence-corrected chi connectivity index (χ1v) is 6.88. The molecular weight excluding hydrogens is 226 g/mol. The molecule has 1 amide bonds. The van der Waals surface area contributed by atoms with Gasteiger partial charge in [0.15, 0.2) is 0 Å². The molecule has 0 aromatic heterocycles. The fourth-order valence-corrected chi connectivity index (χ4v) is 2.84. The largest absolute Gasteiger partial charge is 0.342 e. The molecule has 0 saturated heterocycles. The number of rotatable bonds is 6. The summed E-state index contributed by atoms with van der Waals surface area (Å²) in [5, 5.41) is 0. The van der Waals surface area contributed by atoms with E-state index in [-0.39, 0.29) is 23.4 Å². The highest BCUT2D eigenvalue weighted by Crippen LogP contribution is 2.25. The highest BCUT2D eigenvalue weighted by atomic mass is 16.2. The van der Waals surface area contributed by atoms with Crippen LogP contribution in [-0.4, -0.2) is 54.5 Å². The third kappa shape index (κ3) is 4.94. The predicted octanol–water partition coefficient (Wildman–Crippen LogP) is 1.55. The van der Waals surface area contributed by atoms with E-state index in [4.69, 9.17) is 5.73 Å². The topological polar surface area (TPSA) is 49.6 Å². The van der Waals surface area contributed by atoms with E-state index < -0.39 is 0 Å². The molecule has 0 spiro atoms. The second kappa shape index (κ2) is 7.10. The van der Waals surface area contributed by atoms with Gasteiger partial charge in [-0.25, -0.2) is 0 Å². The minimum atomic E-state index is 0.0412. The van der Waals surface area contributed by atoms with Gasteiger partial charge in [-0.15, -0.1) is 0 Å². The van der Waals surface area contributed by atoms with E-state index in [0.29, 0.717) is 6.54 Å². The van der Waals surface area contributed by atoms with Crippen LogP contribution in [0.1, 0.15) is 41.5 Å². The molecule has 0 aliphatic carbocycles. The molecule has 0 heterocycles. The van der Waals surface area contributed by atoms with E-state index >= 15 is 0 Å². The second-order valence-electron chi connectivity index (χ2n) is 6.15. The predicted molar refractivity (Wildman–Crippen MR) is 77.5 cm³/mol. The van der Waals surface area contributed by atoms with Gasteiger partial charge in [-0.1, -0.05) is 20.8 Å². The van der Waals surface area contributed by atoms with E-state index in [0.717, 1.165) is 13.1 Å². The maximum Gasteiger partial charge on any atom is 0.236 e. The quantitative estimate of drug-likeness (QED) is 0.785. The summed E-state index contributed by atoms with van der Waals surface area (Å²) < 4.78 is 0. The normalized spacial score (nSPS) is 15.6. The van der Waals surface area contributed by atoms with Crippen molar-refractivity contribution in [3.63, 3.8) is 0 Å². The van der Waals surface area contributed by atoms with E-state index in [1.54, 1.807) is 0 Å². The molecule has 0 aromatic carbocycles. The Kier molecular flexibility index (Phi) is 6.86. The molecule has 108 valence electrons. The van der Waals surface area contributed by atoms with Gasteiger partial charge in [0.2, 0.25) is 5.91 Å². The highest BCUT2D eigenvalue weighted by Gasteiger charge is 2.32. The number of carbonyl (C=O) groups is 1. The molecule has 2 N–H and O–H groups in total. The average Bonchev–Trinajstić information content (AvgIpc) is 2.15.